The number of aliphatic hydroxyl groups is 1. The summed E-state index contributed by atoms with van der Waals surface area (Å²) in [5, 5.41) is 14.5. The van der Waals surface area contributed by atoms with Crippen molar-refractivity contribution in [3.8, 4) is 0 Å². The molecule has 0 unspecified atom stereocenters. The Morgan fingerprint density at radius 2 is 2.24 bits per heavy atom. The summed E-state index contributed by atoms with van der Waals surface area (Å²) >= 11 is 9.47. The molecular formula is C16H19BrClN5O2. The van der Waals surface area contributed by atoms with Gasteiger partial charge in [0, 0.05) is 16.9 Å². The van der Waals surface area contributed by atoms with Gasteiger partial charge in [-0.25, -0.2) is 15.8 Å². The van der Waals surface area contributed by atoms with Crippen molar-refractivity contribution in [2.75, 3.05) is 6.54 Å². The van der Waals surface area contributed by atoms with Crippen LogP contribution in [0.2, 0.25) is 5.02 Å². The lowest BCUT2D eigenvalue weighted by atomic mass is 9.94. The molecule has 0 aliphatic carbocycles. The number of benzene rings is 1. The second kappa shape index (κ2) is 6.61. The minimum Gasteiger partial charge on any atom is -0.392 e. The standard InChI is InChI=1S/C16H19BrClN5O2/c17-10-5-12-9(4-11(10)18)15(25)23(8-20-12)7-16(21-22-16)6-13-14(24)2-1-3-19-13/h4-5,8,13-14,19,21-22,24H,1-3,6-7H2/t13-,14+/m1/s1. The summed E-state index contributed by atoms with van der Waals surface area (Å²) in [6, 6.07) is 3.39. The number of hydrogen-bond acceptors (Lipinski definition) is 6. The third-order valence-corrected chi connectivity index (χ3v) is 6.10. The fourth-order valence-corrected chi connectivity index (χ4v) is 3.91. The molecule has 1 aromatic carbocycles. The Morgan fingerprint density at radius 1 is 1.44 bits per heavy atom. The second-order valence-electron chi connectivity index (χ2n) is 6.77. The third kappa shape index (κ3) is 3.47. The molecule has 4 rings (SSSR count). The molecule has 2 aliphatic heterocycles. The summed E-state index contributed by atoms with van der Waals surface area (Å²) < 4.78 is 2.29. The van der Waals surface area contributed by atoms with Gasteiger partial charge in [0.1, 0.15) is 5.66 Å². The highest BCUT2D eigenvalue weighted by Gasteiger charge is 2.45. The number of rotatable bonds is 4. The molecule has 2 aromatic rings. The third-order valence-electron chi connectivity index (χ3n) is 4.90. The number of hydrogen-bond donors (Lipinski definition) is 4. The van der Waals surface area contributed by atoms with E-state index in [0.717, 1.165) is 19.4 Å². The van der Waals surface area contributed by atoms with Crippen molar-refractivity contribution in [2.45, 2.75) is 43.6 Å². The van der Waals surface area contributed by atoms with Crippen LogP contribution in [-0.2, 0) is 6.54 Å². The molecule has 4 N–H and O–H groups in total. The SMILES string of the molecule is O=c1c2cc(Cl)c(Br)cc2ncn1CC1(C[C@H]2NCCC[C@@H]2O)NN1. The van der Waals surface area contributed by atoms with Gasteiger partial charge >= 0.3 is 0 Å². The van der Waals surface area contributed by atoms with Crippen LogP contribution >= 0.6 is 27.5 Å². The predicted molar refractivity (Wildman–Crippen MR) is 99.4 cm³/mol. The largest absolute Gasteiger partial charge is 0.392 e. The summed E-state index contributed by atoms with van der Waals surface area (Å²) in [5.74, 6) is 0. The van der Waals surface area contributed by atoms with Crippen LogP contribution in [0.3, 0.4) is 0 Å². The Kier molecular flexibility index (Phi) is 4.59. The van der Waals surface area contributed by atoms with Crippen molar-refractivity contribution in [1.82, 2.24) is 25.7 Å². The van der Waals surface area contributed by atoms with Gasteiger partial charge in [-0.1, -0.05) is 11.6 Å². The average molecular weight is 429 g/mol. The number of piperidine rings is 1. The molecule has 134 valence electrons. The second-order valence-corrected chi connectivity index (χ2v) is 8.03. The van der Waals surface area contributed by atoms with Crippen LogP contribution in [0, 0.1) is 0 Å². The molecule has 1 aromatic heterocycles. The molecule has 3 heterocycles. The molecule has 0 bridgehead atoms. The van der Waals surface area contributed by atoms with Crippen molar-refractivity contribution in [3.05, 3.63) is 38.3 Å². The molecule has 9 heteroatoms. The van der Waals surface area contributed by atoms with Crippen LogP contribution in [-0.4, -0.2) is 39.0 Å². The summed E-state index contributed by atoms with van der Waals surface area (Å²) in [5.41, 5.74) is 6.34. The molecule has 2 saturated heterocycles. The Morgan fingerprint density at radius 3 is 2.96 bits per heavy atom. The van der Waals surface area contributed by atoms with Crippen molar-refractivity contribution >= 4 is 38.4 Å². The van der Waals surface area contributed by atoms with E-state index in [2.05, 4.69) is 37.1 Å². The normalized spacial score (nSPS) is 25.2. The van der Waals surface area contributed by atoms with Gasteiger partial charge in [0.05, 0.1) is 34.9 Å². The minimum atomic E-state index is -0.408. The highest BCUT2D eigenvalue weighted by Crippen LogP contribution is 2.27. The van der Waals surface area contributed by atoms with E-state index in [1.54, 1.807) is 23.0 Å². The molecule has 2 atom stereocenters. The first-order valence-electron chi connectivity index (χ1n) is 8.27. The van der Waals surface area contributed by atoms with Gasteiger partial charge < -0.3 is 10.4 Å². The molecule has 0 spiro atoms. The Labute approximate surface area is 157 Å². The van der Waals surface area contributed by atoms with Crippen molar-refractivity contribution < 1.29 is 5.11 Å². The molecule has 7 nitrogen and oxygen atoms in total. The van der Waals surface area contributed by atoms with Crippen molar-refractivity contribution in [1.29, 1.82) is 0 Å². The summed E-state index contributed by atoms with van der Waals surface area (Å²) in [6.07, 6.45) is 3.66. The number of nitrogens with one attached hydrogen (secondary N) is 3. The van der Waals surface area contributed by atoms with Gasteiger partial charge in [0.15, 0.2) is 0 Å². The quantitative estimate of drug-likeness (QED) is 0.543. The lowest BCUT2D eigenvalue weighted by Crippen LogP contribution is -2.49. The van der Waals surface area contributed by atoms with Gasteiger partial charge in [-0.2, -0.15) is 0 Å². The van der Waals surface area contributed by atoms with Gasteiger partial charge in [-0.3, -0.25) is 9.36 Å². The molecule has 0 radical (unpaired) electrons. The van der Waals surface area contributed by atoms with Crippen LogP contribution in [0.15, 0.2) is 27.7 Å². The van der Waals surface area contributed by atoms with E-state index >= 15 is 0 Å². The van der Waals surface area contributed by atoms with Gasteiger partial charge in [0.25, 0.3) is 5.56 Å². The zero-order valence-electron chi connectivity index (χ0n) is 13.4. The van der Waals surface area contributed by atoms with Crippen LogP contribution in [0.5, 0.6) is 0 Å². The Balaban J connectivity index is 1.59. The first-order chi connectivity index (χ1) is 12.0. The number of hydrazine groups is 1. The van der Waals surface area contributed by atoms with Crippen LogP contribution in [0.1, 0.15) is 19.3 Å². The lowest BCUT2D eigenvalue weighted by molar-refractivity contribution is 0.0851. The number of nitrogens with zero attached hydrogens (tertiary/aromatic N) is 2. The zero-order valence-corrected chi connectivity index (χ0v) is 15.8. The van der Waals surface area contributed by atoms with Gasteiger partial charge in [0.2, 0.25) is 0 Å². The zero-order chi connectivity index (χ0) is 17.6. The Hall–Kier alpha value is -1.03. The predicted octanol–water partition coefficient (Wildman–Crippen LogP) is 1.12. The summed E-state index contributed by atoms with van der Waals surface area (Å²) in [7, 11) is 0. The van der Waals surface area contributed by atoms with Gasteiger partial charge in [-0.15, -0.1) is 0 Å². The van der Waals surface area contributed by atoms with Crippen molar-refractivity contribution in [2.24, 2.45) is 0 Å². The van der Waals surface area contributed by atoms with Gasteiger partial charge in [-0.05, 0) is 47.4 Å². The highest BCUT2D eigenvalue weighted by atomic mass is 79.9. The number of halogens is 2. The molecule has 0 saturated carbocycles. The Bertz CT molecular complexity index is 869. The molecule has 2 aliphatic rings. The van der Waals surface area contributed by atoms with E-state index < -0.39 is 5.66 Å². The fourth-order valence-electron chi connectivity index (χ4n) is 3.41. The lowest BCUT2D eigenvalue weighted by Gasteiger charge is -2.31. The first kappa shape index (κ1) is 17.4. The maximum absolute atomic E-state index is 12.8. The minimum absolute atomic E-state index is 0.00534. The van der Waals surface area contributed by atoms with E-state index in [1.807, 2.05) is 0 Å². The monoisotopic (exact) mass is 427 g/mol. The summed E-state index contributed by atoms with van der Waals surface area (Å²) in [6.45, 7) is 1.33. The van der Waals surface area contributed by atoms with E-state index in [-0.39, 0.29) is 17.7 Å². The van der Waals surface area contributed by atoms with E-state index in [0.29, 0.717) is 33.4 Å². The average Bonchev–Trinajstić information content (AvgIpc) is 3.34. The number of aliphatic hydroxyl groups excluding tert-OH is 1. The maximum atomic E-state index is 12.8. The first-order valence-corrected chi connectivity index (χ1v) is 9.44. The summed E-state index contributed by atoms with van der Waals surface area (Å²) in [4.78, 5) is 17.2. The number of aromatic nitrogens is 2. The van der Waals surface area contributed by atoms with Crippen LogP contribution in [0.4, 0.5) is 0 Å². The maximum Gasteiger partial charge on any atom is 0.261 e. The van der Waals surface area contributed by atoms with E-state index in [1.165, 1.54) is 0 Å². The molecule has 25 heavy (non-hydrogen) atoms. The van der Waals surface area contributed by atoms with E-state index in [4.69, 9.17) is 11.6 Å². The number of fused-ring (bicyclic) bond motifs is 1. The smallest absolute Gasteiger partial charge is 0.261 e. The molecular weight excluding hydrogens is 410 g/mol. The van der Waals surface area contributed by atoms with Crippen LogP contribution < -0.4 is 21.7 Å². The highest BCUT2D eigenvalue weighted by molar-refractivity contribution is 9.10. The topological polar surface area (TPSA) is 111 Å². The van der Waals surface area contributed by atoms with Crippen molar-refractivity contribution in [3.63, 3.8) is 0 Å². The van der Waals surface area contributed by atoms with E-state index in [9.17, 15) is 9.90 Å². The fraction of sp³-hybridized carbons (Fsp3) is 0.500. The van der Waals surface area contributed by atoms with Crippen LogP contribution in [0.25, 0.3) is 10.9 Å². The molecule has 0 amide bonds. The molecule has 2 fully saturated rings.